The Hall–Kier alpha value is -1.66. The number of anilines is 1. The van der Waals surface area contributed by atoms with E-state index in [9.17, 15) is 4.39 Å². The molecule has 2 N–H and O–H groups in total. The van der Waals surface area contributed by atoms with E-state index in [1.165, 1.54) is 6.07 Å². The van der Waals surface area contributed by atoms with Gasteiger partial charge in [0.15, 0.2) is 0 Å². The maximum atomic E-state index is 13.7. The van der Waals surface area contributed by atoms with Gasteiger partial charge < -0.3 is 10.3 Å². The number of benzene rings is 2. The molecule has 6 heteroatoms. The zero-order valence-corrected chi connectivity index (χ0v) is 13.8. The molecule has 0 unspecified atom stereocenters. The maximum absolute atomic E-state index is 13.7. The van der Waals surface area contributed by atoms with Gasteiger partial charge >= 0.3 is 0 Å². The van der Waals surface area contributed by atoms with Gasteiger partial charge in [0.05, 0.1) is 10.0 Å². The molecule has 1 heterocycles. The van der Waals surface area contributed by atoms with Crippen LogP contribution >= 0.6 is 31.9 Å². The molecular formula is C15H9Br2FN2O. The van der Waals surface area contributed by atoms with Gasteiger partial charge in [-0.2, -0.15) is 0 Å². The Kier molecular flexibility index (Phi) is 3.82. The van der Waals surface area contributed by atoms with Gasteiger partial charge in [0.2, 0.25) is 5.88 Å². The average Bonchev–Trinajstić information content (AvgIpc) is 2.84. The summed E-state index contributed by atoms with van der Waals surface area (Å²) in [7, 11) is 0. The van der Waals surface area contributed by atoms with Crippen LogP contribution in [0.15, 0.2) is 55.9 Å². The summed E-state index contributed by atoms with van der Waals surface area (Å²) in [5, 5.41) is 3.97. The van der Waals surface area contributed by atoms with Crippen LogP contribution in [0.5, 0.6) is 0 Å². The number of halogens is 3. The van der Waals surface area contributed by atoms with Gasteiger partial charge in [0, 0.05) is 10.0 Å². The molecule has 0 spiro atoms. The van der Waals surface area contributed by atoms with Crippen molar-refractivity contribution in [1.29, 1.82) is 0 Å². The summed E-state index contributed by atoms with van der Waals surface area (Å²) in [6, 6.07) is 12.4. The number of nitrogen functional groups attached to an aromatic ring is 1. The van der Waals surface area contributed by atoms with E-state index in [4.69, 9.17) is 10.3 Å². The molecule has 0 fully saturated rings. The smallest absolute Gasteiger partial charge is 0.230 e. The van der Waals surface area contributed by atoms with Crippen LogP contribution in [0.2, 0.25) is 0 Å². The van der Waals surface area contributed by atoms with E-state index in [2.05, 4.69) is 37.0 Å². The summed E-state index contributed by atoms with van der Waals surface area (Å²) < 4.78 is 20.1. The topological polar surface area (TPSA) is 52.0 Å². The van der Waals surface area contributed by atoms with E-state index in [0.29, 0.717) is 21.3 Å². The van der Waals surface area contributed by atoms with Crippen molar-refractivity contribution < 1.29 is 8.91 Å². The van der Waals surface area contributed by atoms with Crippen LogP contribution in [0.25, 0.3) is 22.4 Å². The minimum Gasteiger partial charge on any atom is -0.367 e. The van der Waals surface area contributed by atoms with Crippen molar-refractivity contribution in [2.75, 3.05) is 5.73 Å². The quantitative estimate of drug-likeness (QED) is 0.626. The molecule has 1 aromatic heterocycles. The first-order valence-corrected chi connectivity index (χ1v) is 7.61. The maximum Gasteiger partial charge on any atom is 0.230 e. The van der Waals surface area contributed by atoms with E-state index in [0.717, 1.165) is 10.0 Å². The van der Waals surface area contributed by atoms with Crippen LogP contribution in [-0.4, -0.2) is 5.16 Å². The Labute approximate surface area is 137 Å². The monoisotopic (exact) mass is 410 g/mol. The third-order valence-corrected chi connectivity index (χ3v) is 4.16. The summed E-state index contributed by atoms with van der Waals surface area (Å²) in [6.45, 7) is 0. The first-order valence-electron chi connectivity index (χ1n) is 6.03. The molecule has 2 aromatic carbocycles. The first-order chi connectivity index (χ1) is 10.1. The Balaban J connectivity index is 2.19. The van der Waals surface area contributed by atoms with Crippen LogP contribution in [-0.2, 0) is 0 Å². The molecule has 0 radical (unpaired) electrons. The highest BCUT2D eigenvalue weighted by Gasteiger charge is 2.18. The van der Waals surface area contributed by atoms with Gasteiger partial charge in [-0.25, -0.2) is 4.39 Å². The highest BCUT2D eigenvalue weighted by atomic mass is 79.9. The van der Waals surface area contributed by atoms with Gasteiger partial charge in [-0.05, 0) is 45.8 Å². The highest BCUT2D eigenvalue weighted by Crippen LogP contribution is 2.37. The molecule has 106 valence electrons. The van der Waals surface area contributed by atoms with E-state index in [1.54, 1.807) is 12.1 Å². The molecule has 0 aliphatic carbocycles. The predicted octanol–water partition coefficient (Wildman–Crippen LogP) is 5.25. The molecule has 3 nitrogen and oxygen atoms in total. The highest BCUT2D eigenvalue weighted by molar-refractivity contribution is 9.10. The van der Waals surface area contributed by atoms with Crippen molar-refractivity contribution in [3.63, 3.8) is 0 Å². The van der Waals surface area contributed by atoms with Crippen molar-refractivity contribution in [3.05, 3.63) is 57.2 Å². The largest absolute Gasteiger partial charge is 0.367 e. The lowest BCUT2D eigenvalue weighted by Crippen LogP contribution is -1.89. The number of hydrogen-bond acceptors (Lipinski definition) is 3. The fourth-order valence-corrected chi connectivity index (χ4v) is 2.71. The zero-order chi connectivity index (χ0) is 15.0. The lowest BCUT2D eigenvalue weighted by atomic mass is 10.0. The molecule has 0 saturated carbocycles. The van der Waals surface area contributed by atoms with Crippen molar-refractivity contribution in [3.8, 4) is 22.4 Å². The number of rotatable bonds is 2. The Morgan fingerprint density at radius 1 is 1.05 bits per heavy atom. The molecule has 21 heavy (non-hydrogen) atoms. The summed E-state index contributed by atoms with van der Waals surface area (Å²) in [4.78, 5) is 0. The second-order valence-corrected chi connectivity index (χ2v) is 6.18. The van der Waals surface area contributed by atoms with Crippen molar-refractivity contribution in [2.24, 2.45) is 0 Å². The fourth-order valence-electron chi connectivity index (χ4n) is 2.07. The molecule has 3 aromatic rings. The van der Waals surface area contributed by atoms with E-state index in [1.807, 2.05) is 24.3 Å². The van der Waals surface area contributed by atoms with Gasteiger partial charge in [-0.1, -0.05) is 39.3 Å². The van der Waals surface area contributed by atoms with Gasteiger partial charge in [-0.15, -0.1) is 0 Å². The van der Waals surface area contributed by atoms with Gasteiger partial charge in [0.1, 0.15) is 11.5 Å². The molecule has 0 atom stereocenters. The fraction of sp³-hybridized carbons (Fsp3) is 0. The Morgan fingerprint density at radius 2 is 1.86 bits per heavy atom. The zero-order valence-electron chi connectivity index (χ0n) is 10.6. The number of hydrogen-bond donors (Lipinski definition) is 1. The number of nitrogens with two attached hydrogens (primary N) is 1. The predicted molar refractivity (Wildman–Crippen MR) is 87.1 cm³/mol. The molecule has 0 bridgehead atoms. The minimum atomic E-state index is -0.366. The molecule has 0 saturated heterocycles. The molecular weight excluding hydrogens is 403 g/mol. The molecule has 0 aliphatic rings. The van der Waals surface area contributed by atoms with E-state index in [-0.39, 0.29) is 11.7 Å². The third kappa shape index (κ3) is 2.73. The SMILES string of the molecule is Nc1onc(-c2ccc(Br)c(F)c2)c1-c1cccc(Br)c1. The summed E-state index contributed by atoms with van der Waals surface area (Å²) >= 11 is 6.55. The lowest BCUT2D eigenvalue weighted by molar-refractivity contribution is 0.439. The second kappa shape index (κ2) is 5.61. The standard InChI is InChI=1S/C15H9Br2FN2O/c16-10-3-1-2-8(6-10)13-14(20-21-15(13)19)9-4-5-11(17)12(18)7-9/h1-7H,19H2. The Morgan fingerprint density at radius 3 is 2.57 bits per heavy atom. The van der Waals surface area contributed by atoms with Crippen molar-refractivity contribution >= 4 is 37.7 Å². The molecule has 0 aliphatic heterocycles. The van der Waals surface area contributed by atoms with Crippen LogP contribution in [0.1, 0.15) is 0 Å². The first kappa shape index (κ1) is 14.3. The van der Waals surface area contributed by atoms with Crippen molar-refractivity contribution in [1.82, 2.24) is 5.16 Å². The van der Waals surface area contributed by atoms with Crippen molar-refractivity contribution in [2.45, 2.75) is 0 Å². The normalized spacial score (nSPS) is 10.8. The van der Waals surface area contributed by atoms with E-state index < -0.39 is 0 Å². The minimum absolute atomic E-state index is 0.200. The van der Waals surface area contributed by atoms with Gasteiger partial charge in [-0.3, -0.25) is 0 Å². The van der Waals surface area contributed by atoms with Crippen LogP contribution in [0.3, 0.4) is 0 Å². The molecule has 0 amide bonds. The van der Waals surface area contributed by atoms with Gasteiger partial charge in [0.25, 0.3) is 0 Å². The molecule has 3 rings (SSSR count). The van der Waals surface area contributed by atoms with E-state index >= 15 is 0 Å². The van der Waals surface area contributed by atoms with Crippen LogP contribution < -0.4 is 5.73 Å². The van der Waals surface area contributed by atoms with Crippen LogP contribution in [0.4, 0.5) is 10.3 Å². The lowest BCUT2D eigenvalue weighted by Gasteiger charge is -2.04. The number of aromatic nitrogens is 1. The number of nitrogens with zero attached hydrogens (tertiary/aromatic N) is 1. The average molecular weight is 412 g/mol. The van der Waals surface area contributed by atoms with Crippen LogP contribution in [0, 0.1) is 5.82 Å². The summed E-state index contributed by atoms with van der Waals surface area (Å²) in [5.74, 6) is -0.166. The Bertz CT molecular complexity index is 817. The summed E-state index contributed by atoms with van der Waals surface area (Å²) in [6.07, 6.45) is 0. The third-order valence-electron chi connectivity index (χ3n) is 3.02. The summed E-state index contributed by atoms with van der Waals surface area (Å²) in [5.41, 5.74) is 8.49. The second-order valence-electron chi connectivity index (χ2n) is 4.41.